The fourth-order valence-corrected chi connectivity index (χ4v) is 1.24. The molecule has 0 saturated heterocycles. The summed E-state index contributed by atoms with van der Waals surface area (Å²) in [5.41, 5.74) is 1.31. The molecule has 0 spiro atoms. The first-order chi connectivity index (χ1) is 7.43. The normalized spacial score (nSPS) is 9.80. The Kier molecular flexibility index (Phi) is 6.31. The smallest absolute Gasteiger partial charge is 0.0591 e. The number of terminal acetylenes is 1. The van der Waals surface area contributed by atoms with E-state index in [9.17, 15) is 0 Å². The van der Waals surface area contributed by atoms with Crippen LogP contribution in [0, 0.1) is 12.3 Å². The molecule has 0 unspecified atom stereocenters. The second-order valence-electron chi connectivity index (χ2n) is 3.23. The fourth-order valence-electron chi connectivity index (χ4n) is 1.24. The van der Waals surface area contributed by atoms with Crippen molar-refractivity contribution in [1.29, 1.82) is 0 Å². The molecule has 2 heteroatoms. The van der Waals surface area contributed by atoms with Crippen molar-refractivity contribution in [2.24, 2.45) is 0 Å². The molecule has 0 bridgehead atoms. The van der Waals surface area contributed by atoms with E-state index in [2.05, 4.69) is 23.4 Å². The third kappa shape index (κ3) is 5.90. The van der Waals surface area contributed by atoms with Gasteiger partial charge in [0, 0.05) is 6.54 Å². The Labute approximate surface area is 91.6 Å². The van der Waals surface area contributed by atoms with Crippen molar-refractivity contribution in [3.63, 3.8) is 0 Å². The van der Waals surface area contributed by atoms with Crippen LogP contribution in [0.15, 0.2) is 30.3 Å². The minimum Gasteiger partial charge on any atom is -0.380 e. The van der Waals surface area contributed by atoms with Gasteiger partial charge in [-0.1, -0.05) is 36.3 Å². The SMILES string of the molecule is C#CCNCCOCCc1ccccc1. The molecule has 0 aliphatic heterocycles. The molecule has 0 amide bonds. The third-order valence-corrected chi connectivity index (χ3v) is 2.03. The minimum atomic E-state index is 0.613. The molecule has 1 rings (SSSR count). The van der Waals surface area contributed by atoms with Gasteiger partial charge in [0.15, 0.2) is 0 Å². The highest BCUT2D eigenvalue weighted by Gasteiger charge is 1.91. The summed E-state index contributed by atoms with van der Waals surface area (Å²) in [6.07, 6.45) is 6.06. The summed E-state index contributed by atoms with van der Waals surface area (Å²) in [7, 11) is 0. The van der Waals surface area contributed by atoms with Gasteiger partial charge in [0.05, 0.1) is 19.8 Å². The molecular weight excluding hydrogens is 186 g/mol. The second-order valence-corrected chi connectivity index (χ2v) is 3.23. The lowest BCUT2D eigenvalue weighted by Crippen LogP contribution is -2.20. The maximum atomic E-state index is 5.45. The van der Waals surface area contributed by atoms with Crippen molar-refractivity contribution < 1.29 is 4.74 Å². The standard InChI is InChI=1S/C13H17NO/c1-2-9-14-10-12-15-11-8-13-6-4-3-5-7-13/h1,3-7,14H,8-12H2. The van der Waals surface area contributed by atoms with Crippen molar-refractivity contribution in [1.82, 2.24) is 5.32 Å². The number of nitrogens with one attached hydrogen (secondary N) is 1. The first-order valence-electron chi connectivity index (χ1n) is 5.19. The molecule has 0 heterocycles. The average molecular weight is 203 g/mol. The summed E-state index contributed by atoms with van der Waals surface area (Å²) in [5, 5.41) is 3.07. The summed E-state index contributed by atoms with van der Waals surface area (Å²) >= 11 is 0. The Morgan fingerprint density at radius 3 is 2.73 bits per heavy atom. The predicted molar refractivity (Wildman–Crippen MR) is 62.7 cm³/mol. The van der Waals surface area contributed by atoms with Crippen LogP contribution in [0.3, 0.4) is 0 Å². The average Bonchev–Trinajstić information content (AvgIpc) is 2.29. The quantitative estimate of drug-likeness (QED) is 0.535. The van der Waals surface area contributed by atoms with Crippen LogP contribution in [0.25, 0.3) is 0 Å². The lowest BCUT2D eigenvalue weighted by molar-refractivity contribution is 0.140. The molecule has 15 heavy (non-hydrogen) atoms. The van der Waals surface area contributed by atoms with Gasteiger partial charge in [-0.15, -0.1) is 6.42 Å². The summed E-state index contributed by atoms with van der Waals surface area (Å²) in [5.74, 6) is 2.52. The van der Waals surface area contributed by atoms with Crippen molar-refractivity contribution in [2.45, 2.75) is 6.42 Å². The van der Waals surface area contributed by atoms with Gasteiger partial charge in [-0.2, -0.15) is 0 Å². The van der Waals surface area contributed by atoms with Crippen molar-refractivity contribution >= 4 is 0 Å². The first kappa shape index (κ1) is 11.8. The van der Waals surface area contributed by atoms with Gasteiger partial charge in [0.1, 0.15) is 0 Å². The maximum absolute atomic E-state index is 5.45. The third-order valence-electron chi connectivity index (χ3n) is 2.03. The maximum Gasteiger partial charge on any atom is 0.0591 e. The number of rotatable bonds is 7. The van der Waals surface area contributed by atoms with Crippen LogP contribution in [0.5, 0.6) is 0 Å². The highest BCUT2D eigenvalue weighted by atomic mass is 16.5. The molecule has 0 radical (unpaired) electrons. The van der Waals surface area contributed by atoms with E-state index >= 15 is 0 Å². The van der Waals surface area contributed by atoms with Crippen LogP contribution in [0.2, 0.25) is 0 Å². The lowest BCUT2D eigenvalue weighted by atomic mass is 10.2. The Hall–Kier alpha value is -1.30. The minimum absolute atomic E-state index is 0.613. The molecule has 0 aliphatic carbocycles. The Balaban J connectivity index is 1.96. The van der Waals surface area contributed by atoms with Crippen molar-refractivity contribution in [3.05, 3.63) is 35.9 Å². The van der Waals surface area contributed by atoms with E-state index in [1.165, 1.54) is 5.56 Å². The van der Waals surface area contributed by atoms with E-state index in [0.717, 1.165) is 19.6 Å². The summed E-state index contributed by atoms with van der Waals surface area (Å²) in [4.78, 5) is 0. The van der Waals surface area contributed by atoms with Gasteiger partial charge in [-0.3, -0.25) is 0 Å². The van der Waals surface area contributed by atoms with E-state index < -0.39 is 0 Å². The first-order valence-corrected chi connectivity index (χ1v) is 5.19. The second kappa shape index (κ2) is 8.05. The summed E-state index contributed by atoms with van der Waals surface area (Å²) in [6.45, 7) is 2.91. The highest BCUT2D eigenvalue weighted by Crippen LogP contribution is 1.99. The molecule has 2 nitrogen and oxygen atoms in total. The van der Waals surface area contributed by atoms with E-state index in [4.69, 9.17) is 11.2 Å². The molecule has 1 aromatic rings. The fraction of sp³-hybridized carbons (Fsp3) is 0.385. The molecule has 80 valence electrons. The Morgan fingerprint density at radius 1 is 1.20 bits per heavy atom. The van der Waals surface area contributed by atoms with Crippen LogP contribution in [0.1, 0.15) is 5.56 Å². The van der Waals surface area contributed by atoms with Crippen molar-refractivity contribution in [2.75, 3.05) is 26.3 Å². The van der Waals surface area contributed by atoms with Gasteiger partial charge in [-0.25, -0.2) is 0 Å². The molecule has 1 N–H and O–H groups in total. The molecule has 0 fully saturated rings. The molecule has 0 aliphatic rings. The van der Waals surface area contributed by atoms with Crippen LogP contribution in [0.4, 0.5) is 0 Å². The van der Waals surface area contributed by atoms with Crippen LogP contribution >= 0.6 is 0 Å². The van der Waals surface area contributed by atoms with E-state index in [0.29, 0.717) is 13.2 Å². The van der Waals surface area contributed by atoms with E-state index in [1.807, 2.05) is 18.2 Å². The van der Waals surface area contributed by atoms with E-state index in [1.54, 1.807) is 0 Å². The monoisotopic (exact) mass is 203 g/mol. The zero-order valence-corrected chi connectivity index (χ0v) is 8.91. The molecule has 0 aromatic heterocycles. The van der Waals surface area contributed by atoms with Gasteiger partial charge < -0.3 is 10.1 Å². The zero-order chi connectivity index (χ0) is 10.8. The largest absolute Gasteiger partial charge is 0.380 e. The number of hydrogen-bond donors (Lipinski definition) is 1. The van der Waals surface area contributed by atoms with Gasteiger partial charge >= 0.3 is 0 Å². The lowest BCUT2D eigenvalue weighted by Gasteiger charge is -2.04. The predicted octanol–water partition coefficient (Wildman–Crippen LogP) is 1.47. The van der Waals surface area contributed by atoms with Gasteiger partial charge in [-0.05, 0) is 12.0 Å². The topological polar surface area (TPSA) is 21.3 Å². The van der Waals surface area contributed by atoms with Gasteiger partial charge in [0.2, 0.25) is 0 Å². The number of benzene rings is 1. The van der Waals surface area contributed by atoms with Crippen LogP contribution < -0.4 is 5.32 Å². The zero-order valence-electron chi connectivity index (χ0n) is 8.91. The summed E-state index contributed by atoms with van der Waals surface area (Å²) in [6, 6.07) is 10.3. The molecule has 0 saturated carbocycles. The van der Waals surface area contributed by atoms with Crippen molar-refractivity contribution in [3.8, 4) is 12.3 Å². The highest BCUT2D eigenvalue weighted by molar-refractivity contribution is 5.14. The molecular formula is C13H17NO. The molecule has 0 atom stereocenters. The van der Waals surface area contributed by atoms with Gasteiger partial charge in [0.25, 0.3) is 0 Å². The van der Waals surface area contributed by atoms with E-state index in [-0.39, 0.29) is 0 Å². The number of hydrogen-bond acceptors (Lipinski definition) is 2. The van der Waals surface area contributed by atoms with Crippen LogP contribution in [-0.4, -0.2) is 26.3 Å². The Bertz CT molecular complexity index is 289. The Morgan fingerprint density at radius 2 is 2.00 bits per heavy atom. The molecule has 1 aromatic carbocycles. The number of ether oxygens (including phenoxy) is 1. The van der Waals surface area contributed by atoms with Crippen LogP contribution in [-0.2, 0) is 11.2 Å². The summed E-state index contributed by atoms with van der Waals surface area (Å²) < 4.78 is 5.45.